The smallest absolute Gasteiger partial charge is 0.148 e. The summed E-state index contributed by atoms with van der Waals surface area (Å²) in [6.07, 6.45) is 16.0. The predicted molar refractivity (Wildman–Crippen MR) is 80.8 cm³/mol. The van der Waals surface area contributed by atoms with E-state index in [1.165, 1.54) is 38.5 Å². The Balaban J connectivity index is 1.80. The Morgan fingerprint density at radius 3 is 2.40 bits per heavy atom. The van der Waals surface area contributed by atoms with E-state index in [1.54, 1.807) is 24.3 Å². The number of hydrogen-bond acceptors (Lipinski definition) is 1. The Kier molecular flexibility index (Phi) is 5.40. The van der Waals surface area contributed by atoms with Crippen molar-refractivity contribution < 1.29 is 4.39 Å². The first-order valence-corrected chi connectivity index (χ1v) is 8.12. The molecule has 0 heterocycles. The van der Waals surface area contributed by atoms with Gasteiger partial charge in [-0.2, -0.15) is 5.26 Å². The summed E-state index contributed by atoms with van der Waals surface area (Å²) in [5, 5.41) is 9.08. The van der Waals surface area contributed by atoms with Gasteiger partial charge in [0, 0.05) is 0 Å². The molecule has 0 saturated heterocycles. The fourth-order valence-electron chi connectivity index (χ4n) is 3.69. The van der Waals surface area contributed by atoms with Crippen molar-refractivity contribution in [2.75, 3.05) is 0 Å². The average molecular weight is 275 g/mol. The van der Waals surface area contributed by atoms with Crippen LogP contribution in [0.1, 0.15) is 58.3 Å². The molecule has 2 aliphatic rings. The number of alkyl halides is 1. The monoisotopic (exact) mass is 275 g/mol. The van der Waals surface area contributed by atoms with Crippen LogP contribution < -0.4 is 0 Å². The van der Waals surface area contributed by atoms with Crippen LogP contribution in [0.15, 0.2) is 24.3 Å². The van der Waals surface area contributed by atoms with E-state index in [-0.39, 0.29) is 0 Å². The van der Waals surface area contributed by atoms with Crippen molar-refractivity contribution in [3.8, 4) is 6.07 Å². The van der Waals surface area contributed by atoms with Crippen LogP contribution in [0.4, 0.5) is 4.39 Å². The molecule has 110 valence electrons. The number of halogens is 1. The van der Waals surface area contributed by atoms with Crippen LogP contribution in [0, 0.1) is 29.1 Å². The van der Waals surface area contributed by atoms with Gasteiger partial charge >= 0.3 is 0 Å². The molecule has 0 aromatic rings. The van der Waals surface area contributed by atoms with Crippen molar-refractivity contribution in [3.63, 3.8) is 0 Å². The minimum absolute atomic E-state index is 0.495. The zero-order chi connectivity index (χ0) is 14.4. The van der Waals surface area contributed by atoms with Crippen LogP contribution in [0.2, 0.25) is 0 Å². The molecule has 0 aromatic heterocycles. The third-order valence-electron chi connectivity index (χ3n) is 5.04. The fourth-order valence-corrected chi connectivity index (χ4v) is 3.69. The van der Waals surface area contributed by atoms with Crippen LogP contribution in [-0.4, -0.2) is 5.67 Å². The average Bonchev–Trinajstić information content (AvgIpc) is 2.47. The lowest BCUT2D eigenvalue weighted by atomic mass is 9.75. The maximum absolute atomic E-state index is 14.8. The van der Waals surface area contributed by atoms with E-state index in [0.717, 1.165) is 12.3 Å². The third-order valence-corrected chi connectivity index (χ3v) is 5.04. The highest BCUT2D eigenvalue weighted by atomic mass is 19.1. The SMILES string of the molecule is CCCC1CCC(CCC2(F)C=CC=CC2C#N)CC1. The van der Waals surface area contributed by atoms with Gasteiger partial charge in [-0.3, -0.25) is 0 Å². The molecule has 2 rings (SSSR count). The highest BCUT2D eigenvalue weighted by molar-refractivity contribution is 5.26. The van der Waals surface area contributed by atoms with Gasteiger partial charge in [-0.05, 0) is 30.8 Å². The van der Waals surface area contributed by atoms with E-state index < -0.39 is 11.6 Å². The second-order valence-corrected chi connectivity index (χ2v) is 6.49. The topological polar surface area (TPSA) is 23.8 Å². The maximum atomic E-state index is 14.8. The van der Waals surface area contributed by atoms with Gasteiger partial charge in [-0.15, -0.1) is 0 Å². The lowest BCUT2D eigenvalue weighted by Gasteiger charge is -2.32. The zero-order valence-electron chi connectivity index (χ0n) is 12.5. The minimum atomic E-state index is -1.44. The van der Waals surface area contributed by atoms with E-state index >= 15 is 0 Å². The molecule has 2 unspecified atom stereocenters. The molecule has 0 aliphatic heterocycles. The van der Waals surface area contributed by atoms with Crippen LogP contribution in [0.3, 0.4) is 0 Å². The Morgan fingerprint density at radius 1 is 1.15 bits per heavy atom. The summed E-state index contributed by atoms with van der Waals surface area (Å²) in [5.74, 6) is 0.957. The van der Waals surface area contributed by atoms with Gasteiger partial charge in [0.05, 0.1) is 6.07 Å². The van der Waals surface area contributed by atoms with Gasteiger partial charge in [0.25, 0.3) is 0 Å². The van der Waals surface area contributed by atoms with Crippen molar-refractivity contribution in [2.45, 2.75) is 64.0 Å². The van der Waals surface area contributed by atoms with Crippen molar-refractivity contribution in [3.05, 3.63) is 24.3 Å². The van der Waals surface area contributed by atoms with Gasteiger partial charge in [-0.1, -0.05) is 63.7 Å². The Hall–Kier alpha value is -1.10. The Morgan fingerprint density at radius 2 is 1.80 bits per heavy atom. The molecule has 0 amide bonds. The largest absolute Gasteiger partial charge is 0.238 e. The van der Waals surface area contributed by atoms with E-state index in [2.05, 4.69) is 13.0 Å². The van der Waals surface area contributed by atoms with Gasteiger partial charge in [-0.25, -0.2) is 4.39 Å². The Bertz CT molecular complexity index is 398. The molecule has 2 atom stereocenters. The molecule has 0 aromatic carbocycles. The first-order valence-electron chi connectivity index (χ1n) is 8.12. The molecule has 1 nitrogen and oxygen atoms in total. The van der Waals surface area contributed by atoms with Gasteiger partial charge in [0.2, 0.25) is 0 Å². The molecule has 0 spiro atoms. The highest BCUT2D eigenvalue weighted by Crippen LogP contribution is 2.38. The van der Waals surface area contributed by atoms with Crippen LogP contribution >= 0.6 is 0 Å². The number of hydrogen-bond donors (Lipinski definition) is 0. The summed E-state index contributed by atoms with van der Waals surface area (Å²) < 4.78 is 14.8. The molecule has 0 bridgehead atoms. The molecule has 1 fully saturated rings. The molecule has 2 heteroatoms. The molecular formula is C18H26FN. The first-order chi connectivity index (χ1) is 9.68. The summed E-state index contributed by atoms with van der Waals surface area (Å²) in [6, 6.07) is 2.09. The Labute approximate surface area is 122 Å². The predicted octanol–water partition coefficient (Wildman–Crippen LogP) is 5.35. The number of allylic oxidation sites excluding steroid dienone is 4. The van der Waals surface area contributed by atoms with Crippen molar-refractivity contribution in [1.29, 1.82) is 5.26 Å². The maximum Gasteiger partial charge on any atom is 0.148 e. The number of rotatable bonds is 5. The summed E-state index contributed by atoms with van der Waals surface area (Å²) in [6.45, 7) is 2.25. The van der Waals surface area contributed by atoms with Crippen molar-refractivity contribution >= 4 is 0 Å². The van der Waals surface area contributed by atoms with Gasteiger partial charge in [0.15, 0.2) is 0 Å². The minimum Gasteiger partial charge on any atom is -0.238 e. The standard InChI is InChI=1S/C18H26FN/c1-2-5-15-7-9-16(10-8-15)11-13-18(19)12-4-3-6-17(18)14-20/h3-4,6,12,15-17H,2,5,7-11,13H2,1H3. The van der Waals surface area contributed by atoms with Crippen LogP contribution in [-0.2, 0) is 0 Å². The van der Waals surface area contributed by atoms with E-state index in [9.17, 15) is 4.39 Å². The summed E-state index contributed by atoms with van der Waals surface area (Å²) in [7, 11) is 0. The third kappa shape index (κ3) is 3.72. The molecule has 1 saturated carbocycles. The molecule has 2 aliphatic carbocycles. The lowest BCUT2D eigenvalue weighted by Crippen LogP contribution is -2.31. The van der Waals surface area contributed by atoms with Crippen molar-refractivity contribution in [2.24, 2.45) is 17.8 Å². The normalized spacial score (nSPS) is 36.8. The summed E-state index contributed by atoms with van der Waals surface area (Å²) in [4.78, 5) is 0. The number of nitriles is 1. The second-order valence-electron chi connectivity index (χ2n) is 6.49. The summed E-state index contributed by atoms with van der Waals surface area (Å²) in [5.41, 5.74) is -1.44. The quantitative estimate of drug-likeness (QED) is 0.663. The summed E-state index contributed by atoms with van der Waals surface area (Å²) >= 11 is 0. The second kappa shape index (κ2) is 7.07. The number of nitrogens with zero attached hydrogens (tertiary/aromatic N) is 1. The van der Waals surface area contributed by atoms with E-state index in [0.29, 0.717) is 12.3 Å². The highest BCUT2D eigenvalue weighted by Gasteiger charge is 2.37. The molecule has 0 N–H and O–H groups in total. The molecular weight excluding hydrogens is 249 g/mol. The molecule has 0 radical (unpaired) electrons. The van der Waals surface area contributed by atoms with Crippen LogP contribution in [0.5, 0.6) is 0 Å². The van der Waals surface area contributed by atoms with Gasteiger partial charge < -0.3 is 0 Å². The van der Waals surface area contributed by atoms with E-state index in [1.807, 2.05) is 0 Å². The lowest BCUT2D eigenvalue weighted by molar-refractivity contribution is 0.151. The van der Waals surface area contributed by atoms with Gasteiger partial charge in [0.1, 0.15) is 11.6 Å². The van der Waals surface area contributed by atoms with Crippen LogP contribution in [0.25, 0.3) is 0 Å². The fraction of sp³-hybridized carbons (Fsp3) is 0.722. The van der Waals surface area contributed by atoms with E-state index in [4.69, 9.17) is 5.26 Å². The zero-order valence-corrected chi connectivity index (χ0v) is 12.5. The first kappa shape index (κ1) is 15.3. The molecule has 20 heavy (non-hydrogen) atoms. The van der Waals surface area contributed by atoms with Crippen molar-refractivity contribution in [1.82, 2.24) is 0 Å².